The molecule has 2 aliphatic heterocycles. The van der Waals surface area contributed by atoms with Crippen molar-refractivity contribution < 1.29 is 14.4 Å². The largest absolute Gasteiger partial charge is 0.342 e. The Morgan fingerprint density at radius 1 is 1.15 bits per heavy atom. The number of hydrogen-bond acceptors (Lipinski definition) is 3. The van der Waals surface area contributed by atoms with E-state index in [0.717, 1.165) is 18.4 Å². The van der Waals surface area contributed by atoms with Gasteiger partial charge in [-0.3, -0.25) is 9.59 Å². The zero-order chi connectivity index (χ0) is 19.4. The van der Waals surface area contributed by atoms with Crippen LogP contribution in [-0.2, 0) is 16.1 Å². The van der Waals surface area contributed by atoms with E-state index in [1.54, 1.807) is 19.0 Å². The number of amides is 4. The van der Waals surface area contributed by atoms with Gasteiger partial charge in [-0.05, 0) is 18.4 Å². The molecule has 0 bridgehead atoms. The maximum Gasteiger partial charge on any atom is 0.317 e. The van der Waals surface area contributed by atoms with Gasteiger partial charge in [0, 0.05) is 52.7 Å². The van der Waals surface area contributed by atoms with Crippen LogP contribution in [0.3, 0.4) is 0 Å². The van der Waals surface area contributed by atoms with E-state index < -0.39 is 0 Å². The number of nitrogens with zero attached hydrogens (tertiary/aromatic N) is 3. The first kappa shape index (κ1) is 19.2. The summed E-state index contributed by atoms with van der Waals surface area (Å²) in [6.45, 7) is 2.30. The van der Waals surface area contributed by atoms with E-state index >= 15 is 0 Å². The minimum absolute atomic E-state index is 0.0466. The monoisotopic (exact) mass is 372 g/mol. The van der Waals surface area contributed by atoms with E-state index in [4.69, 9.17) is 0 Å². The molecule has 1 aromatic rings. The second-order valence-electron chi connectivity index (χ2n) is 7.60. The molecule has 3 rings (SSSR count). The van der Waals surface area contributed by atoms with Gasteiger partial charge in [0.25, 0.3) is 0 Å². The molecule has 2 saturated heterocycles. The van der Waals surface area contributed by atoms with Gasteiger partial charge >= 0.3 is 6.03 Å². The van der Waals surface area contributed by atoms with Crippen molar-refractivity contribution in [2.75, 3.05) is 33.7 Å². The standard InChI is InChI=1S/C20H28N4O3/c1-22(2)20(27)21-17-8-10-23(11-9-17)19(26)16-12-18(25)24(14-16)13-15-6-4-3-5-7-15/h3-7,16-17H,8-14H2,1-2H3,(H,21,27). The summed E-state index contributed by atoms with van der Waals surface area (Å²) in [6, 6.07) is 9.85. The minimum Gasteiger partial charge on any atom is -0.342 e. The summed E-state index contributed by atoms with van der Waals surface area (Å²) < 4.78 is 0. The van der Waals surface area contributed by atoms with Gasteiger partial charge in [0.05, 0.1) is 5.92 Å². The molecule has 7 heteroatoms. The van der Waals surface area contributed by atoms with E-state index in [1.165, 1.54) is 4.90 Å². The van der Waals surface area contributed by atoms with Crippen LogP contribution in [-0.4, -0.2) is 72.3 Å². The Labute approximate surface area is 160 Å². The average molecular weight is 372 g/mol. The molecule has 27 heavy (non-hydrogen) atoms. The van der Waals surface area contributed by atoms with Crippen molar-refractivity contribution in [3.8, 4) is 0 Å². The fraction of sp³-hybridized carbons (Fsp3) is 0.550. The molecule has 0 saturated carbocycles. The van der Waals surface area contributed by atoms with E-state index in [2.05, 4.69) is 5.32 Å². The Morgan fingerprint density at radius 3 is 2.44 bits per heavy atom. The zero-order valence-electron chi connectivity index (χ0n) is 16.1. The molecule has 0 radical (unpaired) electrons. The normalized spacial score (nSPS) is 20.7. The third-order valence-corrected chi connectivity index (χ3v) is 5.32. The number of hydrogen-bond donors (Lipinski definition) is 1. The van der Waals surface area contributed by atoms with Crippen LogP contribution in [0.25, 0.3) is 0 Å². The molecule has 1 N–H and O–H groups in total. The Hall–Kier alpha value is -2.57. The number of urea groups is 1. The quantitative estimate of drug-likeness (QED) is 0.866. The highest BCUT2D eigenvalue weighted by Crippen LogP contribution is 2.24. The molecule has 2 aliphatic rings. The number of piperidine rings is 1. The Morgan fingerprint density at radius 2 is 1.81 bits per heavy atom. The van der Waals surface area contributed by atoms with Crippen LogP contribution in [0.1, 0.15) is 24.8 Å². The molecule has 1 unspecified atom stereocenters. The van der Waals surface area contributed by atoms with Crippen molar-refractivity contribution in [2.24, 2.45) is 5.92 Å². The first-order valence-corrected chi connectivity index (χ1v) is 9.52. The second kappa shape index (κ2) is 8.41. The van der Waals surface area contributed by atoms with Crippen molar-refractivity contribution in [3.63, 3.8) is 0 Å². The van der Waals surface area contributed by atoms with Gasteiger partial charge in [0.15, 0.2) is 0 Å². The highest BCUT2D eigenvalue weighted by Gasteiger charge is 2.37. The zero-order valence-corrected chi connectivity index (χ0v) is 16.1. The smallest absolute Gasteiger partial charge is 0.317 e. The van der Waals surface area contributed by atoms with Crippen molar-refractivity contribution in [1.82, 2.24) is 20.0 Å². The van der Waals surface area contributed by atoms with Crippen LogP contribution in [0.15, 0.2) is 30.3 Å². The SMILES string of the molecule is CN(C)C(=O)NC1CCN(C(=O)C2CC(=O)N(Cc3ccccc3)C2)CC1. The third kappa shape index (κ3) is 4.78. The summed E-state index contributed by atoms with van der Waals surface area (Å²) in [5.74, 6) is -0.143. The van der Waals surface area contributed by atoms with Crippen molar-refractivity contribution in [1.29, 1.82) is 0 Å². The second-order valence-corrected chi connectivity index (χ2v) is 7.60. The molecule has 0 aliphatic carbocycles. The number of carbonyl (C=O) groups excluding carboxylic acids is 3. The summed E-state index contributed by atoms with van der Waals surface area (Å²) in [5, 5.41) is 2.98. The van der Waals surface area contributed by atoms with Crippen LogP contribution in [0, 0.1) is 5.92 Å². The van der Waals surface area contributed by atoms with E-state index in [-0.39, 0.29) is 29.8 Å². The van der Waals surface area contributed by atoms with Crippen LogP contribution >= 0.6 is 0 Å². The maximum atomic E-state index is 12.8. The summed E-state index contributed by atoms with van der Waals surface area (Å²) >= 11 is 0. The van der Waals surface area contributed by atoms with Gasteiger partial charge in [0.1, 0.15) is 0 Å². The van der Waals surface area contributed by atoms with Gasteiger partial charge in [-0.15, -0.1) is 0 Å². The molecular formula is C20H28N4O3. The summed E-state index contributed by atoms with van der Waals surface area (Å²) in [5.41, 5.74) is 1.08. The van der Waals surface area contributed by atoms with Crippen LogP contribution in [0.5, 0.6) is 0 Å². The minimum atomic E-state index is -0.255. The molecule has 0 spiro atoms. The molecule has 2 fully saturated rings. The highest BCUT2D eigenvalue weighted by atomic mass is 16.2. The lowest BCUT2D eigenvalue weighted by molar-refractivity contribution is -0.136. The van der Waals surface area contributed by atoms with Crippen LogP contribution in [0.4, 0.5) is 4.79 Å². The molecule has 2 heterocycles. The van der Waals surface area contributed by atoms with E-state index in [9.17, 15) is 14.4 Å². The van der Waals surface area contributed by atoms with Gasteiger partial charge in [-0.1, -0.05) is 30.3 Å². The summed E-state index contributed by atoms with van der Waals surface area (Å²) in [7, 11) is 3.43. The number of rotatable bonds is 4. The van der Waals surface area contributed by atoms with Crippen LogP contribution < -0.4 is 5.32 Å². The number of nitrogens with one attached hydrogen (secondary N) is 1. The fourth-order valence-electron chi connectivity index (χ4n) is 3.70. The van der Waals surface area contributed by atoms with Crippen molar-refractivity contribution in [3.05, 3.63) is 35.9 Å². The van der Waals surface area contributed by atoms with E-state index in [1.807, 2.05) is 35.2 Å². The highest BCUT2D eigenvalue weighted by molar-refractivity contribution is 5.89. The predicted molar refractivity (Wildman–Crippen MR) is 102 cm³/mol. The Bertz CT molecular complexity index is 684. The van der Waals surface area contributed by atoms with Gasteiger partial charge in [-0.25, -0.2) is 4.79 Å². The van der Waals surface area contributed by atoms with E-state index in [0.29, 0.717) is 32.6 Å². The van der Waals surface area contributed by atoms with Crippen molar-refractivity contribution >= 4 is 17.8 Å². The first-order valence-electron chi connectivity index (χ1n) is 9.52. The van der Waals surface area contributed by atoms with Crippen molar-refractivity contribution in [2.45, 2.75) is 31.8 Å². The lowest BCUT2D eigenvalue weighted by Gasteiger charge is -2.34. The molecular weight excluding hydrogens is 344 g/mol. The Kier molecular flexibility index (Phi) is 5.98. The number of carbonyl (C=O) groups is 3. The molecule has 7 nitrogen and oxygen atoms in total. The molecule has 4 amide bonds. The predicted octanol–water partition coefficient (Wildman–Crippen LogP) is 1.30. The average Bonchev–Trinajstić information content (AvgIpc) is 3.03. The number of likely N-dealkylation sites (tertiary alicyclic amines) is 2. The summed E-state index contributed by atoms with van der Waals surface area (Å²) in [4.78, 5) is 42.0. The third-order valence-electron chi connectivity index (χ3n) is 5.32. The maximum absolute atomic E-state index is 12.8. The lowest BCUT2D eigenvalue weighted by Crippen LogP contribution is -2.50. The first-order chi connectivity index (χ1) is 12.9. The summed E-state index contributed by atoms with van der Waals surface area (Å²) in [6.07, 6.45) is 1.79. The molecule has 146 valence electrons. The van der Waals surface area contributed by atoms with Crippen LogP contribution in [0.2, 0.25) is 0 Å². The fourth-order valence-corrected chi connectivity index (χ4v) is 3.70. The molecule has 1 atom stereocenters. The molecule has 1 aromatic carbocycles. The Balaban J connectivity index is 1.49. The topological polar surface area (TPSA) is 73.0 Å². The van der Waals surface area contributed by atoms with Gasteiger partial charge in [0.2, 0.25) is 11.8 Å². The van der Waals surface area contributed by atoms with Gasteiger partial charge < -0.3 is 20.0 Å². The molecule has 0 aromatic heterocycles. The van der Waals surface area contributed by atoms with Gasteiger partial charge in [-0.2, -0.15) is 0 Å². The lowest BCUT2D eigenvalue weighted by atomic mass is 10.0. The number of benzene rings is 1.